The molecule has 0 aromatic carbocycles. The average Bonchev–Trinajstić information content (AvgIpc) is 3.11. The van der Waals surface area contributed by atoms with Crippen LogP contribution in [0.4, 0.5) is 0 Å². The molecule has 1 aromatic heterocycles. The Labute approximate surface area is 130 Å². The summed E-state index contributed by atoms with van der Waals surface area (Å²) in [7, 11) is 1.72. The van der Waals surface area contributed by atoms with E-state index in [0.29, 0.717) is 13.0 Å². The fraction of sp³-hybridized carbons (Fsp3) is 0.688. The van der Waals surface area contributed by atoms with Crippen LogP contribution < -0.4 is 0 Å². The monoisotopic (exact) mass is 309 g/mol. The lowest BCUT2D eigenvalue weighted by atomic mass is 9.76. The van der Waals surface area contributed by atoms with Crippen LogP contribution in [0.5, 0.6) is 0 Å². The van der Waals surface area contributed by atoms with E-state index in [9.17, 15) is 4.79 Å². The van der Waals surface area contributed by atoms with Crippen LogP contribution in [-0.2, 0) is 20.7 Å². The summed E-state index contributed by atoms with van der Waals surface area (Å²) in [5, 5.41) is 2.03. The Morgan fingerprint density at radius 2 is 2.33 bits per heavy atom. The molecule has 4 nitrogen and oxygen atoms in total. The first-order valence-electron chi connectivity index (χ1n) is 7.61. The van der Waals surface area contributed by atoms with Gasteiger partial charge in [0.2, 0.25) is 5.91 Å². The number of rotatable bonds is 4. The molecular formula is C16H23NO3S. The molecular weight excluding hydrogens is 286 g/mol. The second-order valence-corrected chi connectivity index (χ2v) is 7.26. The lowest BCUT2D eigenvalue weighted by molar-refractivity contribution is -0.132. The number of thiophene rings is 1. The zero-order valence-electron chi connectivity index (χ0n) is 12.5. The first-order chi connectivity index (χ1) is 10.2. The third-order valence-electron chi connectivity index (χ3n) is 4.72. The van der Waals surface area contributed by atoms with Crippen molar-refractivity contribution in [2.24, 2.45) is 5.41 Å². The van der Waals surface area contributed by atoms with Gasteiger partial charge in [0.15, 0.2) is 0 Å². The number of nitrogens with zero attached hydrogens (tertiary/aromatic N) is 1. The van der Waals surface area contributed by atoms with Crippen molar-refractivity contribution in [3.05, 3.63) is 22.4 Å². The molecule has 2 fully saturated rings. The molecule has 0 aliphatic carbocycles. The van der Waals surface area contributed by atoms with Gasteiger partial charge in [0.1, 0.15) is 0 Å². The van der Waals surface area contributed by atoms with Crippen LogP contribution in [0, 0.1) is 5.41 Å². The largest absolute Gasteiger partial charge is 0.382 e. The molecule has 3 rings (SSSR count). The topological polar surface area (TPSA) is 38.8 Å². The van der Waals surface area contributed by atoms with Crippen LogP contribution in [-0.4, -0.2) is 50.3 Å². The Morgan fingerprint density at radius 1 is 1.52 bits per heavy atom. The van der Waals surface area contributed by atoms with Gasteiger partial charge in [-0.05, 0) is 36.1 Å². The number of carbonyl (C=O) groups excluding carboxylic acids is 1. The van der Waals surface area contributed by atoms with Gasteiger partial charge < -0.3 is 14.4 Å². The molecule has 116 valence electrons. The van der Waals surface area contributed by atoms with E-state index in [4.69, 9.17) is 9.47 Å². The maximum Gasteiger partial charge on any atom is 0.227 e. The van der Waals surface area contributed by atoms with Crippen molar-refractivity contribution in [2.75, 3.05) is 33.4 Å². The van der Waals surface area contributed by atoms with Crippen LogP contribution in [0.2, 0.25) is 0 Å². The third kappa shape index (κ3) is 3.47. The second kappa shape index (κ2) is 6.46. The van der Waals surface area contributed by atoms with E-state index in [-0.39, 0.29) is 17.4 Å². The molecule has 3 heterocycles. The number of carbonyl (C=O) groups is 1. The number of ether oxygens (including phenoxy) is 2. The van der Waals surface area contributed by atoms with Crippen LogP contribution in [0.3, 0.4) is 0 Å². The molecule has 0 bridgehead atoms. The Morgan fingerprint density at radius 3 is 3.00 bits per heavy atom. The lowest BCUT2D eigenvalue weighted by Crippen LogP contribution is -2.44. The minimum Gasteiger partial charge on any atom is -0.382 e. The van der Waals surface area contributed by atoms with E-state index in [0.717, 1.165) is 43.8 Å². The van der Waals surface area contributed by atoms with Crippen molar-refractivity contribution >= 4 is 17.2 Å². The minimum absolute atomic E-state index is 0.239. The zero-order chi connectivity index (χ0) is 14.7. The molecule has 21 heavy (non-hydrogen) atoms. The highest BCUT2D eigenvalue weighted by molar-refractivity contribution is 7.10. The molecule has 0 N–H and O–H groups in total. The summed E-state index contributed by atoms with van der Waals surface area (Å²) in [5.74, 6) is 0.264. The van der Waals surface area contributed by atoms with E-state index in [1.165, 1.54) is 0 Å². The van der Waals surface area contributed by atoms with E-state index >= 15 is 0 Å². The summed E-state index contributed by atoms with van der Waals surface area (Å²) in [6, 6.07) is 4.04. The standard InChI is InChI=1S/C16H23NO3S/c1-19-11-13-10-16(12-20-13)4-6-17(7-5-16)15(18)9-14-3-2-8-21-14/h2-3,8,13H,4-7,9-12H2,1H3/t13-/m1/s1. The molecule has 2 aliphatic rings. The van der Waals surface area contributed by atoms with E-state index in [2.05, 4.69) is 0 Å². The summed E-state index contributed by atoms with van der Waals surface area (Å²) >= 11 is 1.66. The molecule has 2 saturated heterocycles. The summed E-state index contributed by atoms with van der Waals surface area (Å²) < 4.78 is 11.0. The van der Waals surface area contributed by atoms with E-state index < -0.39 is 0 Å². The summed E-state index contributed by atoms with van der Waals surface area (Å²) in [6.07, 6.45) is 3.98. The molecule has 0 radical (unpaired) electrons. The number of likely N-dealkylation sites (tertiary alicyclic amines) is 1. The average molecular weight is 309 g/mol. The first-order valence-corrected chi connectivity index (χ1v) is 8.49. The van der Waals surface area contributed by atoms with Gasteiger partial charge in [0.25, 0.3) is 0 Å². The van der Waals surface area contributed by atoms with Crippen molar-refractivity contribution in [3.63, 3.8) is 0 Å². The smallest absolute Gasteiger partial charge is 0.227 e. The number of hydrogen-bond acceptors (Lipinski definition) is 4. The minimum atomic E-state index is 0.239. The highest BCUT2D eigenvalue weighted by Gasteiger charge is 2.42. The Kier molecular flexibility index (Phi) is 4.62. The first kappa shape index (κ1) is 15.0. The molecule has 5 heteroatoms. The maximum atomic E-state index is 12.3. The van der Waals surface area contributed by atoms with Gasteiger partial charge in [-0.3, -0.25) is 4.79 Å². The number of amides is 1. The summed E-state index contributed by atoms with van der Waals surface area (Å²) in [4.78, 5) is 15.5. The third-order valence-corrected chi connectivity index (χ3v) is 5.60. The number of piperidine rings is 1. The Bertz CT molecular complexity index is 466. The quantitative estimate of drug-likeness (QED) is 0.857. The fourth-order valence-electron chi connectivity index (χ4n) is 3.44. The van der Waals surface area contributed by atoms with Crippen LogP contribution >= 0.6 is 11.3 Å². The van der Waals surface area contributed by atoms with E-state index in [1.807, 2.05) is 22.4 Å². The fourth-order valence-corrected chi connectivity index (χ4v) is 4.14. The van der Waals surface area contributed by atoms with Crippen molar-refractivity contribution < 1.29 is 14.3 Å². The predicted octanol–water partition coefficient (Wildman–Crippen LogP) is 2.33. The highest BCUT2D eigenvalue weighted by Crippen LogP contribution is 2.42. The molecule has 0 unspecified atom stereocenters. The van der Waals surface area contributed by atoms with Crippen molar-refractivity contribution in [1.82, 2.24) is 4.90 Å². The van der Waals surface area contributed by atoms with Gasteiger partial charge in [0, 0.05) is 25.1 Å². The summed E-state index contributed by atoms with van der Waals surface area (Å²) in [6.45, 7) is 3.25. The van der Waals surface area contributed by atoms with Crippen LogP contribution in [0.15, 0.2) is 17.5 Å². The van der Waals surface area contributed by atoms with Gasteiger partial charge in [-0.25, -0.2) is 0 Å². The summed E-state index contributed by atoms with van der Waals surface area (Å²) in [5.41, 5.74) is 0.281. The highest BCUT2D eigenvalue weighted by atomic mass is 32.1. The van der Waals surface area contributed by atoms with Crippen molar-refractivity contribution in [2.45, 2.75) is 31.8 Å². The molecule has 2 aliphatic heterocycles. The van der Waals surface area contributed by atoms with Gasteiger partial charge in [-0.2, -0.15) is 0 Å². The number of hydrogen-bond donors (Lipinski definition) is 0. The Hall–Kier alpha value is -0.910. The van der Waals surface area contributed by atoms with Crippen molar-refractivity contribution in [3.8, 4) is 0 Å². The van der Waals surface area contributed by atoms with Gasteiger partial charge in [0.05, 0.1) is 25.7 Å². The molecule has 1 aromatic rings. The molecule has 0 saturated carbocycles. The predicted molar refractivity (Wildman–Crippen MR) is 82.5 cm³/mol. The van der Waals surface area contributed by atoms with Crippen LogP contribution in [0.25, 0.3) is 0 Å². The van der Waals surface area contributed by atoms with E-state index in [1.54, 1.807) is 18.4 Å². The lowest BCUT2D eigenvalue weighted by Gasteiger charge is -2.38. The van der Waals surface area contributed by atoms with Gasteiger partial charge in [-0.1, -0.05) is 6.07 Å². The Balaban J connectivity index is 1.50. The SMILES string of the molecule is COC[C@H]1CC2(CCN(C(=O)Cc3cccs3)CC2)CO1. The molecule has 1 spiro atoms. The molecule has 1 amide bonds. The molecule has 1 atom stereocenters. The number of methoxy groups -OCH3 is 1. The van der Waals surface area contributed by atoms with Crippen molar-refractivity contribution in [1.29, 1.82) is 0 Å². The normalized spacial score (nSPS) is 24.6. The van der Waals surface area contributed by atoms with Gasteiger partial charge >= 0.3 is 0 Å². The second-order valence-electron chi connectivity index (χ2n) is 6.23. The van der Waals surface area contributed by atoms with Crippen LogP contribution in [0.1, 0.15) is 24.1 Å². The zero-order valence-corrected chi connectivity index (χ0v) is 13.4. The van der Waals surface area contributed by atoms with Gasteiger partial charge in [-0.15, -0.1) is 11.3 Å². The maximum absolute atomic E-state index is 12.3.